The van der Waals surface area contributed by atoms with E-state index >= 15 is 0 Å². The van der Waals surface area contributed by atoms with Crippen LogP contribution in [0.4, 0.5) is 5.69 Å². The molecule has 0 amide bonds. The number of para-hydroxylation sites is 1. The summed E-state index contributed by atoms with van der Waals surface area (Å²) in [5.74, 6) is -0.413. The van der Waals surface area contributed by atoms with Gasteiger partial charge in [0.1, 0.15) is 0 Å². The molecule has 2 aromatic rings. The third-order valence-electron chi connectivity index (χ3n) is 2.95. The lowest BCUT2D eigenvalue weighted by Gasteiger charge is -2.13. The van der Waals surface area contributed by atoms with E-state index in [2.05, 4.69) is 10.6 Å². The SMILES string of the molecule is COC(=O)c1ccccc1NC(=S)NCc1ccc(Cl)cc1. The van der Waals surface area contributed by atoms with E-state index in [1.54, 1.807) is 18.2 Å². The largest absolute Gasteiger partial charge is 0.465 e. The van der Waals surface area contributed by atoms with Crippen LogP contribution in [-0.2, 0) is 11.3 Å². The van der Waals surface area contributed by atoms with Gasteiger partial charge in [-0.2, -0.15) is 0 Å². The first kappa shape index (κ1) is 16.3. The van der Waals surface area contributed by atoms with Gasteiger partial charge in [0.25, 0.3) is 0 Å². The van der Waals surface area contributed by atoms with Crippen molar-refractivity contribution >= 4 is 40.6 Å². The molecular formula is C16H15ClN2O2S. The number of rotatable bonds is 4. The zero-order valence-electron chi connectivity index (χ0n) is 11.9. The molecule has 0 bridgehead atoms. The molecular weight excluding hydrogens is 320 g/mol. The summed E-state index contributed by atoms with van der Waals surface area (Å²) in [4.78, 5) is 11.7. The highest BCUT2D eigenvalue weighted by Gasteiger charge is 2.11. The van der Waals surface area contributed by atoms with Crippen LogP contribution in [0.1, 0.15) is 15.9 Å². The van der Waals surface area contributed by atoms with Gasteiger partial charge >= 0.3 is 5.97 Å². The Balaban J connectivity index is 1.97. The number of ether oxygens (including phenoxy) is 1. The molecule has 2 aromatic carbocycles. The van der Waals surface area contributed by atoms with Gasteiger partial charge in [-0.05, 0) is 42.0 Å². The average molecular weight is 335 g/mol. The zero-order valence-corrected chi connectivity index (χ0v) is 13.5. The minimum absolute atomic E-state index is 0.413. The monoisotopic (exact) mass is 334 g/mol. The Morgan fingerprint density at radius 3 is 2.55 bits per heavy atom. The molecule has 0 heterocycles. The van der Waals surface area contributed by atoms with Crippen molar-refractivity contribution in [2.24, 2.45) is 0 Å². The van der Waals surface area contributed by atoms with Crippen LogP contribution in [0.3, 0.4) is 0 Å². The molecule has 0 saturated carbocycles. The molecule has 0 fully saturated rings. The first-order chi connectivity index (χ1) is 10.6. The Labute approximate surface area is 139 Å². The highest BCUT2D eigenvalue weighted by molar-refractivity contribution is 7.80. The van der Waals surface area contributed by atoms with Gasteiger partial charge in [-0.15, -0.1) is 0 Å². The number of esters is 1. The molecule has 0 spiro atoms. The van der Waals surface area contributed by atoms with Crippen LogP contribution < -0.4 is 10.6 Å². The number of thiocarbonyl (C=S) groups is 1. The molecule has 0 radical (unpaired) electrons. The van der Waals surface area contributed by atoms with Gasteiger partial charge in [0.15, 0.2) is 5.11 Å². The number of anilines is 1. The van der Waals surface area contributed by atoms with Gasteiger partial charge < -0.3 is 15.4 Å². The fraction of sp³-hybridized carbons (Fsp3) is 0.125. The fourth-order valence-corrected chi connectivity index (χ4v) is 2.14. The second-order valence-electron chi connectivity index (χ2n) is 4.47. The summed E-state index contributed by atoms with van der Waals surface area (Å²) in [6.45, 7) is 0.559. The average Bonchev–Trinajstić information content (AvgIpc) is 2.54. The molecule has 4 nitrogen and oxygen atoms in total. The van der Waals surface area contributed by atoms with Crippen molar-refractivity contribution in [3.05, 3.63) is 64.7 Å². The van der Waals surface area contributed by atoms with Gasteiger partial charge in [0, 0.05) is 11.6 Å². The smallest absolute Gasteiger partial charge is 0.339 e. The quantitative estimate of drug-likeness (QED) is 0.660. The Morgan fingerprint density at radius 1 is 1.18 bits per heavy atom. The Hall–Kier alpha value is -2.11. The molecule has 0 aliphatic heterocycles. The van der Waals surface area contributed by atoms with Gasteiger partial charge in [-0.25, -0.2) is 4.79 Å². The maximum absolute atomic E-state index is 11.7. The van der Waals surface area contributed by atoms with Crippen LogP contribution in [-0.4, -0.2) is 18.2 Å². The van der Waals surface area contributed by atoms with E-state index in [-0.39, 0.29) is 0 Å². The van der Waals surface area contributed by atoms with E-state index in [4.69, 9.17) is 28.6 Å². The standard InChI is InChI=1S/C16H15ClN2O2S/c1-21-15(20)13-4-2-3-5-14(13)19-16(22)18-10-11-6-8-12(17)9-7-11/h2-9H,10H2,1H3,(H2,18,19,22). The lowest BCUT2D eigenvalue weighted by molar-refractivity contribution is 0.0602. The maximum atomic E-state index is 11.7. The highest BCUT2D eigenvalue weighted by Crippen LogP contribution is 2.16. The van der Waals surface area contributed by atoms with Crippen LogP contribution >= 0.6 is 23.8 Å². The number of nitrogens with one attached hydrogen (secondary N) is 2. The molecule has 114 valence electrons. The fourth-order valence-electron chi connectivity index (χ4n) is 1.83. The van der Waals surface area contributed by atoms with Crippen molar-refractivity contribution in [2.45, 2.75) is 6.54 Å². The number of methoxy groups -OCH3 is 1. The Bertz CT molecular complexity index is 674. The van der Waals surface area contributed by atoms with Crippen molar-refractivity contribution in [3.63, 3.8) is 0 Å². The number of carbonyl (C=O) groups is 1. The molecule has 2 rings (SSSR count). The van der Waals surface area contributed by atoms with Crippen molar-refractivity contribution in [3.8, 4) is 0 Å². The Kier molecular flexibility index (Phi) is 5.75. The lowest BCUT2D eigenvalue weighted by Crippen LogP contribution is -2.28. The first-order valence-corrected chi connectivity index (χ1v) is 7.35. The number of hydrogen-bond acceptors (Lipinski definition) is 3. The van der Waals surface area contributed by atoms with Crippen LogP contribution in [0.25, 0.3) is 0 Å². The number of carbonyl (C=O) groups excluding carboxylic acids is 1. The first-order valence-electron chi connectivity index (χ1n) is 6.57. The summed E-state index contributed by atoms with van der Waals surface area (Å²) in [7, 11) is 1.34. The molecule has 0 saturated heterocycles. The summed E-state index contributed by atoms with van der Waals surface area (Å²) in [5, 5.41) is 7.19. The summed E-state index contributed by atoms with van der Waals surface area (Å²) in [6.07, 6.45) is 0. The summed E-state index contributed by atoms with van der Waals surface area (Å²) < 4.78 is 4.74. The zero-order chi connectivity index (χ0) is 15.9. The van der Waals surface area contributed by atoms with Crippen LogP contribution in [0.15, 0.2) is 48.5 Å². The van der Waals surface area contributed by atoms with E-state index in [0.29, 0.717) is 27.9 Å². The van der Waals surface area contributed by atoms with Crippen LogP contribution in [0.5, 0.6) is 0 Å². The molecule has 2 N–H and O–H groups in total. The number of hydrogen-bond donors (Lipinski definition) is 2. The molecule has 22 heavy (non-hydrogen) atoms. The minimum atomic E-state index is -0.413. The van der Waals surface area contributed by atoms with E-state index in [9.17, 15) is 4.79 Å². The van der Waals surface area contributed by atoms with Gasteiger partial charge in [-0.1, -0.05) is 35.9 Å². The third kappa shape index (κ3) is 4.44. The highest BCUT2D eigenvalue weighted by atomic mass is 35.5. The minimum Gasteiger partial charge on any atom is -0.465 e. The number of halogens is 1. The predicted octanol–water partition coefficient (Wildman–Crippen LogP) is 3.61. The summed E-state index contributed by atoms with van der Waals surface area (Å²) in [6, 6.07) is 14.5. The molecule has 0 atom stereocenters. The van der Waals surface area contributed by atoms with Crippen LogP contribution in [0, 0.1) is 0 Å². The number of benzene rings is 2. The molecule has 0 aliphatic rings. The van der Waals surface area contributed by atoms with Crippen molar-refractivity contribution in [2.75, 3.05) is 12.4 Å². The van der Waals surface area contributed by atoms with Crippen molar-refractivity contribution in [1.29, 1.82) is 0 Å². The summed E-state index contributed by atoms with van der Waals surface area (Å²) >= 11 is 11.1. The summed E-state index contributed by atoms with van der Waals surface area (Å²) in [5.41, 5.74) is 2.08. The van der Waals surface area contributed by atoms with Gasteiger partial charge in [0.2, 0.25) is 0 Å². The topological polar surface area (TPSA) is 50.4 Å². The molecule has 0 aromatic heterocycles. The normalized spacial score (nSPS) is 9.91. The molecule has 0 unspecified atom stereocenters. The second-order valence-corrected chi connectivity index (χ2v) is 5.32. The van der Waals surface area contributed by atoms with E-state index in [1.807, 2.05) is 30.3 Å². The van der Waals surface area contributed by atoms with Gasteiger partial charge in [-0.3, -0.25) is 0 Å². The third-order valence-corrected chi connectivity index (χ3v) is 3.45. The van der Waals surface area contributed by atoms with Crippen molar-refractivity contribution < 1.29 is 9.53 Å². The lowest BCUT2D eigenvalue weighted by atomic mass is 10.2. The van der Waals surface area contributed by atoms with E-state index in [1.165, 1.54) is 7.11 Å². The van der Waals surface area contributed by atoms with Gasteiger partial charge in [0.05, 0.1) is 18.4 Å². The second kappa shape index (κ2) is 7.77. The predicted molar refractivity (Wildman–Crippen MR) is 92.3 cm³/mol. The Morgan fingerprint density at radius 2 is 1.86 bits per heavy atom. The van der Waals surface area contributed by atoms with Crippen molar-refractivity contribution in [1.82, 2.24) is 5.32 Å². The van der Waals surface area contributed by atoms with E-state index in [0.717, 1.165) is 5.56 Å². The van der Waals surface area contributed by atoms with E-state index < -0.39 is 5.97 Å². The van der Waals surface area contributed by atoms with Crippen LogP contribution in [0.2, 0.25) is 5.02 Å². The molecule has 6 heteroatoms. The maximum Gasteiger partial charge on any atom is 0.339 e. The molecule has 0 aliphatic carbocycles.